The Labute approximate surface area is 469 Å². The minimum Gasteiger partial charge on any atom is -0.466 e. The van der Waals surface area contributed by atoms with Crippen LogP contribution in [0.5, 0.6) is 0 Å². The molecule has 0 saturated heterocycles. The van der Waals surface area contributed by atoms with Gasteiger partial charge < -0.3 is 20.3 Å². The Kier molecular flexibility index (Phi) is 63.4. The number of aliphatic hydroxyl groups excluding tert-OH is 2. The van der Waals surface area contributed by atoms with Crippen molar-refractivity contribution in [2.24, 2.45) is 0 Å². The van der Waals surface area contributed by atoms with Gasteiger partial charge in [0.05, 0.1) is 25.4 Å². The molecule has 0 aromatic heterocycles. The van der Waals surface area contributed by atoms with Gasteiger partial charge in [-0.25, -0.2) is 0 Å². The van der Waals surface area contributed by atoms with Crippen LogP contribution < -0.4 is 5.32 Å². The van der Waals surface area contributed by atoms with Crippen molar-refractivity contribution in [3.8, 4) is 0 Å². The molecule has 0 bridgehead atoms. The summed E-state index contributed by atoms with van der Waals surface area (Å²) in [5.41, 5.74) is 0. The standard InChI is InChI=1S/C69H133NO5/c1-3-5-7-9-11-13-15-17-18-19-20-21-22-23-26-29-32-35-38-41-45-49-53-57-61-67(72)66(65-71)70-68(73)62-58-54-50-46-42-39-36-33-30-27-24-25-28-31-34-37-40-44-48-52-56-60-64-75-69(74)63-59-55-51-47-43-16-14-12-10-8-6-4-2/h27,30,57,61,66-67,71-72H,3-26,28-29,31-56,58-60,62-65H2,1-2H3,(H,70,73)/b30-27-,61-57+. The third-order valence-electron chi connectivity index (χ3n) is 16.0. The molecule has 0 fully saturated rings. The van der Waals surface area contributed by atoms with Crippen LogP contribution in [0.15, 0.2) is 24.3 Å². The van der Waals surface area contributed by atoms with Crippen molar-refractivity contribution in [3.05, 3.63) is 24.3 Å². The fourth-order valence-corrected chi connectivity index (χ4v) is 10.7. The van der Waals surface area contributed by atoms with Crippen LogP contribution in [0, 0.1) is 0 Å². The van der Waals surface area contributed by atoms with Gasteiger partial charge >= 0.3 is 5.97 Å². The first-order chi connectivity index (χ1) is 37.0. The van der Waals surface area contributed by atoms with Crippen LogP contribution in [0.25, 0.3) is 0 Å². The molecule has 6 nitrogen and oxygen atoms in total. The fraction of sp³-hybridized carbons (Fsp3) is 0.913. The van der Waals surface area contributed by atoms with Crippen molar-refractivity contribution >= 4 is 11.9 Å². The van der Waals surface area contributed by atoms with Crippen LogP contribution in [-0.2, 0) is 14.3 Å². The number of unbranched alkanes of at least 4 members (excludes halogenated alkanes) is 51. The number of nitrogens with one attached hydrogen (secondary N) is 1. The third-order valence-corrected chi connectivity index (χ3v) is 16.0. The van der Waals surface area contributed by atoms with Gasteiger partial charge in [-0.3, -0.25) is 9.59 Å². The van der Waals surface area contributed by atoms with Crippen molar-refractivity contribution in [2.75, 3.05) is 13.2 Å². The monoisotopic (exact) mass is 1060 g/mol. The summed E-state index contributed by atoms with van der Waals surface area (Å²) in [5.74, 6) is -0.0600. The molecule has 0 aliphatic heterocycles. The number of amides is 1. The van der Waals surface area contributed by atoms with Gasteiger partial charge in [0.2, 0.25) is 5.91 Å². The molecule has 0 radical (unpaired) electrons. The van der Waals surface area contributed by atoms with Crippen LogP contribution in [0.2, 0.25) is 0 Å². The largest absolute Gasteiger partial charge is 0.466 e. The molecular formula is C69H133NO5. The van der Waals surface area contributed by atoms with E-state index in [2.05, 4.69) is 31.3 Å². The number of hydrogen-bond acceptors (Lipinski definition) is 5. The molecule has 0 rings (SSSR count). The number of rotatable bonds is 64. The molecule has 2 unspecified atom stereocenters. The van der Waals surface area contributed by atoms with Gasteiger partial charge in [-0.2, -0.15) is 0 Å². The molecule has 6 heteroatoms. The van der Waals surface area contributed by atoms with Crippen LogP contribution in [0.4, 0.5) is 0 Å². The zero-order chi connectivity index (χ0) is 54.3. The van der Waals surface area contributed by atoms with Crippen LogP contribution in [0.3, 0.4) is 0 Å². The number of hydrogen-bond donors (Lipinski definition) is 3. The second-order valence-electron chi connectivity index (χ2n) is 23.5. The second-order valence-corrected chi connectivity index (χ2v) is 23.5. The Morgan fingerprint density at radius 1 is 0.360 bits per heavy atom. The van der Waals surface area contributed by atoms with E-state index in [4.69, 9.17) is 4.74 Å². The summed E-state index contributed by atoms with van der Waals surface area (Å²) in [6.07, 6.45) is 81.0. The maximum Gasteiger partial charge on any atom is 0.305 e. The smallest absolute Gasteiger partial charge is 0.305 e. The van der Waals surface area contributed by atoms with Gasteiger partial charge in [0.1, 0.15) is 0 Å². The highest BCUT2D eigenvalue weighted by Gasteiger charge is 2.18. The van der Waals surface area contributed by atoms with Crippen molar-refractivity contribution in [3.63, 3.8) is 0 Å². The number of allylic oxidation sites excluding steroid dienone is 3. The van der Waals surface area contributed by atoms with Crippen LogP contribution >= 0.6 is 0 Å². The lowest BCUT2D eigenvalue weighted by Gasteiger charge is -2.20. The lowest BCUT2D eigenvalue weighted by Crippen LogP contribution is -2.45. The van der Waals surface area contributed by atoms with Crippen molar-refractivity contribution in [2.45, 2.75) is 392 Å². The highest BCUT2D eigenvalue weighted by atomic mass is 16.5. The molecule has 75 heavy (non-hydrogen) atoms. The van der Waals surface area contributed by atoms with E-state index in [0.29, 0.717) is 19.4 Å². The molecule has 444 valence electrons. The average Bonchev–Trinajstić information content (AvgIpc) is 3.41. The van der Waals surface area contributed by atoms with Gasteiger partial charge in [0, 0.05) is 12.8 Å². The SMILES string of the molecule is CCCCCCCCCCCCCCCCCCCCCCCC/C=C/C(O)C(CO)NC(=O)CCCCCCCCC/C=C\CCCCCCCCCCCCCOC(=O)CCCCCCCCCCCCCC. The van der Waals surface area contributed by atoms with Crippen molar-refractivity contribution in [1.82, 2.24) is 5.32 Å². The number of ether oxygens (including phenoxy) is 1. The highest BCUT2D eigenvalue weighted by Crippen LogP contribution is 2.18. The number of esters is 1. The van der Waals surface area contributed by atoms with E-state index in [1.165, 1.54) is 308 Å². The maximum absolute atomic E-state index is 12.5. The van der Waals surface area contributed by atoms with E-state index < -0.39 is 12.1 Å². The molecule has 0 heterocycles. The minimum atomic E-state index is -0.850. The third kappa shape index (κ3) is 61.4. The molecule has 0 spiro atoms. The molecule has 0 saturated carbocycles. The predicted molar refractivity (Wildman–Crippen MR) is 329 cm³/mol. The van der Waals surface area contributed by atoms with Gasteiger partial charge in [0.15, 0.2) is 0 Å². The Balaban J connectivity index is 3.45. The van der Waals surface area contributed by atoms with Crippen molar-refractivity contribution in [1.29, 1.82) is 0 Å². The average molecular weight is 1060 g/mol. The van der Waals surface area contributed by atoms with Gasteiger partial charge in [-0.05, 0) is 57.8 Å². The molecule has 0 aromatic carbocycles. The molecule has 1 amide bonds. The summed E-state index contributed by atoms with van der Waals surface area (Å²) in [6, 6.07) is -0.634. The summed E-state index contributed by atoms with van der Waals surface area (Å²) >= 11 is 0. The number of aliphatic hydroxyl groups is 2. The Bertz CT molecular complexity index is 1170. The van der Waals surface area contributed by atoms with Gasteiger partial charge in [-0.15, -0.1) is 0 Å². The summed E-state index contributed by atoms with van der Waals surface area (Å²) < 4.78 is 5.48. The predicted octanol–water partition coefficient (Wildman–Crippen LogP) is 21.8. The van der Waals surface area contributed by atoms with Gasteiger partial charge in [-0.1, -0.05) is 334 Å². The normalized spacial score (nSPS) is 12.6. The van der Waals surface area contributed by atoms with Crippen LogP contribution in [-0.4, -0.2) is 47.4 Å². The van der Waals surface area contributed by atoms with Crippen molar-refractivity contribution < 1.29 is 24.5 Å². The second kappa shape index (κ2) is 64.9. The first kappa shape index (κ1) is 73.3. The lowest BCUT2D eigenvalue weighted by atomic mass is 10.0. The first-order valence-corrected chi connectivity index (χ1v) is 34.1. The Morgan fingerprint density at radius 2 is 0.627 bits per heavy atom. The quantitative estimate of drug-likeness (QED) is 0.0320. The maximum atomic E-state index is 12.5. The van der Waals surface area contributed by atoms with E-state index >= 15 is 0 Å². The van der Waals surface area contributed by atoms with E-state index in [1.807, 2.05) is 6.08 Å². The molecule has 0 aromatic rings. The van der Waals surface area contributed by atoms with E-state index in [-0.39, 0.29) is 18.5 Å². The topological polar surface area (TPSA) is 95.9 Å². The summed E-state index contributed by atoms with van der Waals surface area (Å²) in [4.78, 5) is 24.5. The summed E-state index contributed by atoms with van der Waals surface area (Å²) in [5, 5.41) is 23.3. The fourth-order valence-electron chi connectivity index (χ4n) is 10.7. The molecule has 0 aliphatic carbocycles. The number of carbonyl (C=O) groups is 2. The van der Waals surface area contributed by atoms with Crippen LogP contribution in [0.1, 0.15) is 380 Å². The zero-order valence-corrected chi connectivity index (χ0v) is 50.8. The molecule has 0 aliphatic rings. The lowest BCUT2D eigenvalue weighted by molar-refractivity contribution is -0.143. The first-order valence-electron chi connectivity index (χ1n) is 34.1. The Hall–Kier alpha value is -1.66. The number of carbonyl (C=O) groups excluding carboxylic acids is 2. The minimum absolute atomic E-state index is 0.0108. The molecular weight excluding hydrogens is 923 g/mol. The molecule has 3 N–H and O–H groups in total. The summed E-state index contributed by atoms with van der Waals surface area (Å²) in [6.45, 7) is 4.93. The Morgan fingerprint density at radius 3 is 0.947 bits per heavy atom. The summed E-state index contributed by atoms with van der Waals surface area (Å²) in [7, 11) is 0. The van der Waals surface area contributed by atoms with E-state index in [1.54, 1.807) is 6.08 Å². The molecule has 2 atom stereocenters. The highest BCUT2D eigenvalue weighted by molar-refractivity contribution is 5.76. The zero-order valence-electron chi connectivity index (χ0n) is 50.8. The van der Waals surface area contributed by atoms with Gasteiger partial charge in [0.25, 0.3) is 0 Å². The van der Waals surface area contributed by atoms with E-state index in [9.17, 15) is 19.8 Å². The van der Waals surface area contributed by atoms with E-state index in [0.717, 1.165) is 44.9 Å².